The SMILES string of the molecule is CCCC(CCN)CCC(=O)N(C)C(CC)CC. The van der Waals surface area contributed by atoms with Gasteiger partial charge in [-0.05, 0) is 38.1 Å². The predicted molar refractivity (Wildman–Crippen MR) is 78.4 cm³/mol. The van der Waals surface area contributed by atoms with E-state index in [-0.39, 0.29) is 0 Å². The summed E-state index contributed by atoms with van der Waals surface area (Å²) in [5.41, 5.74) is 5.62. The molecule has 1 atom stereocenters. The number of nitrogens with zero attached hydrogens (tertiary/aromatic N) is 1. The van der Waals surface area contributed by atoms with E-state index in [1.54, 1.807) is 0 Å². The van der Waals surface area contributed by atoms with Gasteiger partial charge in [0.2, 0.25) is 5.91 Å². The molecule has 3 nitrogen and oxygen atoms in total. The summed E-state index contributed by atoms with van der Waals surface area (Å²) in [5, 5.41) is 0. The Morgan fingerprint density at radius 1 is 1.11 bits per heavy atom. The minimum Gasteiger partial charge on any atom is -0.343 e. The van der Waals surface area contributed by atoms with Crippen LogP contribution >= 0.6 is 0 Å². The summed E-state index contributed by atoms with van der Waals surface area (Å²) in [5.74, 6) is 0.917. The molecule has 108 valence electrons. The molecule has 0 bridgehead atoms. The van der Waals surface area contributed by atoms with Gasteiger partial charge < -0.3 is 10.6 Å². The maximum atomic E-state index is 12.1. The first-order valence-corrected chi connectivity index (χ1v) is 7.56. The molecule has 0 aliphatic carbocycles. The Balaban J connectivity index is 4.12. The molecule has 0 heterocycles. The quantitative estimate of drug-likeness (QED) is 0.652. The van der Waals surface area contributed by atoms with E-state index < -0.39 is 0 Å². The van der Waals surface area contributed by atoms with Crippen molar-refractivity contribution in [3.05, 3.63) is 0 Å². The lowest BCUT2D eigenvalue weighted by Crippen LogP contribution is -2.36. The van der Waals surface area contributed by atoms with E-state index in [1.807, 2.05) is 11.9 Å². The first-order valence-electron chi connectivity index (χ1n) is 7.56. The topological polar surface area (TPSA) is 46.3 Å². The molecule has 0 aliphatic rings. The average molecular weight is 256 g/mol. The Morgan fingerprint density at radius 3 is 2.17 bits per heavy atom. The van der Waals surface area contributed by atoms with E-state index in [2.05, 4.69) is 20.8 Å². The van der Waals surface area contributed by atoms with Crippen LogP contribution in [0.15, 0.2) is 0 Å². The Morgan fingerprint density at radius 2 is 1.72 bits per heavy atom. The molecule has 0 rings (SSSR count). The fourth-order valence-corrected chi connectivity index (χ4v) is 2.62. The van der Waals surface area contributed by atoms with E-state index >= 15 is 0 Å². The van der Waals surface area contributed by atoms with Crippen molar-refractivity contribution in [2.45, 2.75) is 71.8 Å². The smallest absolute Gasteiger partial charge is 0.222 e. The van der Waals surface area contributed by atoms with Crippen LogP contribution in [-0.4, -0.2) is 30.4 Å². The summed E-state index contributed by atoms with van der Waals surface area (Å²) in [6.07, 6.45) is 7.18. The summed E-state index contributed by atoms with van der Waals surface area (Å²) >= 11 is 0. The molecule has 0 aromatic carbocycles. The number of carbonyl (C=O) groups excluding carboxylic acids is 1. The Kier molecular flexibility index (Phi) is 10.0. The number of rotatable bonds is 10. The zero-order valence-corrected chi connectivity index (χ0v) is 12.7. The van der Waals surface area contributed by atoms with Gasteiger partial charge in [-0.2, -0.15) is 0 Å². The maximum absolute atomic E-state index is 12.1. The van der Waals surface area contributed by atoms with Crippen molar-refractivity contribution in [2.75, 3.05) is 13.6 Å². The van der Waals surface area contributed by atoms with E-state index in [9.17, 15) is 4.79 Å². The molecule has 0 aliphatic heterocycles. The second-order valence-corrected chi connectivity index (χ2v) is 5.25. The van der Waals surface area contributed by atoms with E-state index in [1.165, 1.54) is 12.8 Å². The first-order chi connectivity index (χ1) is 8.60. The monoisotopic (exact) mass is 256 g/mol. The zero-order valence-electron chi connectivity index (χ0n) is 12.7. The van der Waals surface area contributed by atoms with Crippen LogP contribution in [0.1, 0.15) is 65.7 Å². The predicted octanol–water partition coefficient (Wildman–Crippen LogP) is 3.18. The number of hydrogen-bond acceptors (Lipinski definition) is 2. The molecule has 0 spiro atoms. The fraction of sp³-hybridized carbons (Fsp3) is 0.933. The van der Waals surface area contributed by atoms with Gasteiger partial charge >= 0.3 is 0 Å². The molecule has 3 heteroatoms. The van der Waals surface area contributed by atoms with Crippen LogP contribution in [0, 0.1) is 5.92 Å². The van der Waals surface area contributed by atoms with Crippen molar-refractivity contribution in [3.63, 3.8) is 0 Å². The number of amides is 1. The van der Waals surface area contributed by atoms with Gasteiger partial charge in [0.15, 0.2) is 0 Å². The highest BCUT2D eigenvalue weighted by Gasteiger charge is 2.17. The third-order valence-electron chi connectivity index (χ3n) is 3.92. The van der Waals surface area contributed by atoms with E-state index in [4.69, 9.17) is 5.73 Å². The Labute approximate surface area is 113 Å². The van der Waals surface area contributed by atoms with Crippen molar-refractivity contribution in [1.82, 2.24) is 4.90 Å². The second kappa shape index (κ2) is 10.4. The third-order valence-corrected chi connectivity index (χ3v) is 3.92. The van der Waals surface area contributed by atoms with E-state index in [0.717, 1.165) is 32.2 Å². The minimum absolute atomic E-state index is 0.293. The summed E-state index contributed by atoms with van der Waals surface area (Å²) in [6, 6.07) is 0.400. The molecule has 0 saturated heterocycles. The van der Waals surface area contributed by atoms with Gasteiger partial charge in [-0.25, -0.2) is 0 Å². The van der Waals surface area contributed by atoms with Gasteiger partial charge in [-0.1, -0.05) is 33.6 Å². The van der Waals surface area contributed by atoms with Crippen LogP contribution in [0.2, 0.25) is 0 Å². The fourth-order valence-electron chi connectivity index (χ4n) is 2.62. The lowest BCUT2D eigenvalue weighted by molar-refractivity contribution is -0.132. The molecule has 0 aromatic heterocycles. The summed E-state index contributed by atoms with van der Waals surface area (Å²) in [4.78, 5) is 14.0. The third kappa shape index (κ3) is 6.39. The summed E-state index contributed by atoms with van der Waals surface area (Å²) < 4.78 is 0. The Hall–Kier alpha value is -0.570. The van der Waals surface area contributed by atoms with Crippen molar-refractivity contribution >= 4 is 5.91 Å². The van der Waals surface area contributed by atoms with Crippen LogP contribution in [0.4, 0.5) is 0 Å². The highest BCUT2D eigenvalue weighted by molar-refractivity contribution is 5.76. The standard InChI is InChI=1S/C15H32N2O/c1-5-8-13(11-12-16)9-10-15(18)17(4)14(6-2)7-3/h13-14H,5-12,16H2,1-4H3. The largest absolute Gasteiger partial charge is 0.343 e. The van der Waals surface area contributed by atoms with Gasteiger partial charge in [0, 0.05) is 19.5 Å². The summed E-state index contributed by atoms with van der Waals surface area (Å²) in [7, 11) is 1.94. The van der Waals surface area contributed by atoms with Crippen molar-refractivity contribution in [1.29, 1.82) is 0 Å². The molecular formula is C15H32N2O. The van der Waals surface area contributed by atoms with Crippen LogP contribution in [0.25, 0.3) is 0 Å². The molecule has 2 N–H and O–H groups in total. The van der Waals surface area contributed by atoms with Gasteiger partial charge in [0.1, 0.15) is 0 Å². The molecule has 0 radical (unpaired) electrons. The number of hydrogen-bond donors (Lipinski definition) is 1. The Bertz CT molecular complexity index is 209. The van der Waals surface area contributed by atoms with Gasteiger partial charge in [0.25, 0.3) is 0 Å². The summed E-state index contributed by atoms with van der Waals surface area (Å²) in [6.45, 7) is 7.22. The number of carbonyl (C=O) groups is 1. The molecule has 0 aromatic rings. The lowest BCUT2D eigenvalue weighted by atomic mass is 9.94. The highest BCUT2D eigenvalue weighted by atomic mass is 16.2. The normalized spacial score (nSPS) is 12.8. The van der Waals surface area contributed by atoms with Crippen molar-refractivity contribution in [3.8, 4) is 0 Å². The first kappa shape index (κ1) is 17.4. The van der Waals surface area contributed by atoms with Crippen LogP contribution < -0.4 is 5.73 Å². The van der Waals surface area contributed by atoms with Crippen LogP contribution in [0.3, 0.4) is 0 Å². The highest BCUT2D eigenvalue weighted by Crippen LogP contribution is 2.18. The molecule has 18 heavy (non-hydrogen) atoms. The van der Waals surface area contributed by atoms with Gasteiger partial charge in [0.05, 0.1) is 0 Å². The second-order valence-electron chi connectivity index (χ2n) is 5.25. The molecule has 0 saturated carbocycles. The van der Waals surface area contributed by atoms with Crippen LogP contribution in [0.5, 0.6) is 0 Å². The van der Waals surface area contributed by atoms with Crippen LogP contribution in [-0.2, 0) is 4.79 Å². The zero-order chi connectivity index (χ0) is 14.0. The lowest BCUT2D eigenvalue weighted by Gasteiger charge is -2.27. The average Bonchev–Trinajstić information content (AvgIpc) is 2.37. The van der Waals surface area contributed by atoms with Gasteiger partial charge in [-0.15, -0.1) is 0 Å². The molecule has 1 amide bonds. The van der Waals surface area contributed by atoms with Crippen molar-refractivity contribution in [2.24, 2.45) is 11.7 Å². The van der Waals surface area contributed by atoms with Gasteiger partial charge in [-0.3, -0.25) is 4.79 Å². The number of nitrogens with two attached hydrogens (primary N) is 1. The van der Waals surface area contributed by atoms with E-state index in [0.29, 0.717) is 24.3 Å². The molecule has 0 fully saturated rings. The molecular weight excluding hydrogens is 224 g/mol. The maximum Gasteiger partial charge on any atom is 0.222 e. The van der Waals surface area contributed by atoms with Crippen molar-refractivity contribution < 1.29 is 4.79 Å². The molecule has 1 unspecified atom stereocenters. The minimum atomic E-state index is 0.293.